The van der Waals surface area contributed by atoms with Crippen LogP contribution in [0, 0.1) is 0 Å². The predicted octanol–water partition coefficient (Wildman–Crippen LogP) is -0.468. The van der Waals surface area contributed by atoms with Crippen molar-refractivity contribution in [2.24, 2.45) is 0 Å². The van der Waals surface area contributed by atoms with Gasteiger partial charge in [-0.15, -0.1) is 0 Å². The summed E-state index contributed by atoms with van der Waals surface area (Å²) in [5.74, 6) is 0.355. The lowest BCUT2D eigenvalue weighted by Crippen LogP contribution is -2.34. The molecule has 12 heavy (non-hydrogen) atoms. The lowest BCUT2D eigenvalue weighted by Gasteiger charge is -2.05. The maximum atomic E-state index is 8.85. The van der Waals surface area contributed by atoms with E-state index in [1.54, 1.807) is 12.1 Å². The number of halogens is 1. The molecule has 0 atom stereocenters. The zero-order chi connectivity index (χ0) is 9.14. The van der Waals surface area contributed by atoms with Crippen molar-refractivity contribution in [2.45, 2.75) is 0 Å². The number of aromatic nitrogens is 1. The van der Waals surface area contributed by atoms with Gasteiger partial charge in [0.05, 0.1) is 7.11 Å². The molecule has 1 rings (SSSR count). The molecule has 0 radical (unpaired) electrons. The summed E-state index contributed by atoms with van der Waals surface area (Å²) in [5, 5.41) is 17.7. The lowest BCUT2D eigenvalue weighted by molar-refractivity contribution is 0.400. The number of hydrogen-bond acceptors (Lipinski definition) is 4. The molecule has 0 aromatic carbocycles. The fraction of sp³-hybridized carbons (Fsp3) is 0.167. The van der Waals surface area contributed by atoms with E-state index in [4.69, 9.17) is 14.8 Å². The minimum atomic E-state index is -1.61. The van der Waals surface area contributed by atoms with Crippen molar-refractivity contribution in [1.82, 2.24) is 4.98 Å². The second kappa shape index (κ2) is 3.89. The van der Waals surface area contributed by atoms with Crippen LogP contribution in [0.5, 0.6) is 5.75 Å². The molecule has 0 amide bonds. The molecule has 64 valence electrons. The summed E-state index contributed by atoms with van der Waals surface area (Å²) < 4.78 is 5.39. The first-order valence-corrected chi connectivity index (χ1v) is 4.01. The van der Waals surface area contributed by atoms with E-state index in [2.05, 4.69) is 20.9 Å². The van der Waals surface area contributed by atoms with Gasteiger partial charge >= 0.3 is 7.12 Å². The number of rotatable bonds is 2. The highest BCUT2D eigenvalue weighted by Crippen LogP contribution is 2.10. The van der Waals surface area contributed by atoms with Crippen molar-refractivity contribution in [3.63, 3.8) is 0 Å². The molecule has 0 saturated carbocycles. The van der Waals surface area contributed by atoms with Gasteiger partial charge in [0.1, 0.15) is 15.9 Å². The second-order valence-electron chi connectivity index (χ2n) is 2.10. The SMILES string of the molecule is COc1ccc(Br)nc1B(O)O. The van der Waals surface area contributed by atoms with E-state index in [-0.39, 0.29) is 5.59 Å². The van der Waals surface area contributed by atoms with Crippen LogP contribution in [0.1, 0.15) is 0 Å². The smallest absolute Gasteiger partial charge is 0.496 e. The van der Waals surface area contributed by atoms with Crippen LogP contribution in [0.3, 0.4) is 0 Å². The average Bonchev–Trinajstić information content (AvgIpc) is 2.04. The van der Waals surface area contributed by atoms with Crippen molar-refractivity contribution >= 4 is 28.6 Å². The van der Waals surface area contributed by atoms with Crippen LogP contribution in [0.15, 0.2) is 16.7 Å². The van der Waals surface area contributed by atoms with Crippen LogP contribution >= 0.6 is 15.9 Å². The van der Waals surface area contributed by atoms with E-state index in [0.717, 1.165) is 0 Å². The molecule has 6 heteroatoms. The van der Waals surface area contributed by atoms with E-state index in [1.807, 2.05) is 0 Å². The van der Waals surface area contributed by atoms with Gasteiger partial charge in [-0.3, -0.25) is 0 Å². The molecule has 1 heterocycles. The van der Waals surface area contributed by atoms with E-state index >= 15 is 0 Å². The van der Waals surface area contributed by atoms with Crippen LogP contribution in [-0.2, 0) is 0 Å². The summed E-state index contributed by atoms with van der Waals surface area (Å²) in [7, 11) is -0.172. The maximum absolute atomic E-state index is 8.85. The maximum Gasteiger partial charge on any atom is 0.512 e. The molecule has 0 aliphatic rings. The van der Waals surface area contributed by atoms with Crippen molar-refractivity contribution in [2.75, 3.05) is 7.11 Å². The first-order valence-electron chi connectivity index (χ1n) is 3.21. The Morgan fingerprint density at radius 3 is 2.67 bits per heavy atom. The lowest BCUT2D eigenvalue weighted by atomic mass is 9.85. The van der Waals surface area contributed by atoms with Gasteiger partial charge < -0.3 is 14.8 Å². The first-order chi connectivity index (χ1) is 5.65. The standard InChI is InChI=1S/C6H7BBrNO3/c1-12-4-2-3-5(8)9-6(4)7(10)11/h2-3,10-11H,1H3. The quantitative estimate of drug-likeness (QED) is 0.534. The zero-order valence-electron chi connectivity index (χ0n) is 6.36. The molecule has 0 saturated heterocycles. The Morgan fingerprint density at radius 2 is 2.17 bits per heavy atom. The Hall–Kier alpha value is -0.585. The van der Waals surface area contributed by atoms with Crippen LogP contribution < -0.4 is 10.3 Å². The molecule has 4 nitrogen and oxygen atoms in total. The van der Waals surface area contributed by atoms with E-state index in [1.165, 1.54) is 7.11 Å². The van der Waals surface area contributed by atoms with Gasteiger partial charge in [0.15, 0.2) is 0 Å². The third-order valence-corrected chi connectivity index (χ3v) is 1.76. The molecule has 0 fully saturated rings. The molecule has 0 aliphatic heterocycles. The molecule has 0 bridgehead atoms. The van der Waals surface area contributed by atoms with Gasteiger partial charge in [0.2, 0.25) is 0 Å². The van der Waals surface area contributed by atoms with Crippen molar-refractivity contribution in [3.8, 4) is 5.75 Å². The zero-order valence-corrected chi connectivity index (χ0v) is 7.95. The van der Waals surface area contributed by atoms with Crippen LogP contribution in [-0.4, -0.2) is 29.3 Å². The molecular weight excluding hydrogens is 225 g/mol. The summed E-state index contributed by atoms with van der Waals surface area (Å²) >= 11 is 3.10. The van der Waals surface area contributed by atoms with Crippen molar-refractivity contribution in [3.05, 3.63) is 16.7 Å². The third-order valence-electron chi connectivity index (χ3n) is 1.32. The van der Waals surface area contributed by atoms with Crippen LogP contribution in [0.25, 0.3) is 0 Å². The highest BCUT2D eigenvalue weighted by Gasteiger charge is 2.18. The van der Waals surface area contributed by atoms with E-state index in [9.17, 15) is 0 Å². The van der Waals surface area contributed by atoms with Gasteiger partial charge in [-0.05, 0) is 28.1 Å². The van der Waals surface area contributed by atoms with E-state index in [0.29, 0.717) is 10.4 Å². The summed E-state index contributed by atoms with van der Waals surface area (Å²) in [4.78, 5) is 3.84. The largest absolute Gasteiger partial charge is 0.512 e. The summed E-state index contributed by atoms with van der Waals surface area (Å²) in [5.41, 5.74) is 0.104. The van der Waals surface area contributed by atoms with Gasteiger partial charge in [-0.2, -0.15) is 0 Å². The number of pyridine rings is 1. The Kier molecular flexibility index (Phi) is 3.08. The van der Waals surface area contributed by atoms with Gasteiger partial charge in [0, 0.05) is 0 Å². The molecular formula is C6H7BBrNO3. The fourth-order valence-electron chi connectivity index (χ4n) is 0.795. The summed E-state index contributed by atoms with van der Waals surface area (Å²) in [6.07, 6.45) is 0. The Balaban J connectivity index is 3.12. The highest BCUT2D eigenvalue weighted by molar-refractivity contribution is 9.10. The molecule has 1 aromatic rings. The summed E-state index contributed by atoms with van der Waals surface area (Å²) in [6, 6.07) is 3.26. The Morgan fingerprint density at radius 1 is 1.50 bits per heavy atom. The van der Waals surface area contributed by atoms with Gasteiger partial charge in [0.25, 0.3) is 0 Å². The van der Waals surface area contributed by atoms with Crippen LogP contribution in [0.4, 0.5) is 0 Å². The van der Waals surface area contributed by atoms with E-state index < -0.39 is 7.12 Å². The first kappa shape index (κ1) is 9.50. The van der Waals surface area contributed by atoms with Gasteiger partial charge in [-0.25, -0.2) is 4.98 Å². The van der Waals surface area contributed by atoms with Crippen LogP contribution in [0.2, 0.25) is 0 Å². The molecule has 0 aliphatic carbocycles. The number of hydrogen-bond donors (Lipinski definition) is 2. The predicted molar refractivity (Wildman–Crippen MR) is 48.3 cm³/mol. The Labute approximate surface area is 78.5 Å². The van der Waals surface area contributed by atoms with Crippen molar-refractivity contribution < 1.29 is 14.8 Å². The topological polar surface area (TPSA) is 62.6 Å². The summed E-state index contributed by atoms with van der Waals surface area (Å²) in [6.45, 7) is 0. The number of ether oxygens (including phenoxy) is 1. The minimum Gasteiger partial charge on any atom is -0.496 e. The molecule has 1 aromatic heterocycles. The van der Waals surface area contributed by atoms with Crippen molar-refractivity contribution in [1.29, 1.82) is 0 Å². The molecule has 0 spiro atoms. The fourth-order valence-corrected chi connectivity index (χ4v) is 1.12. The molecule has 0 unspecified atom stereocenters. The monoisotopic (exact) mass is 231 g/mol. The number of nitrogens with zero attached hydrogens (tertiary/aromatic N) is 1. The normalized spacial score (nSPS) is 9.67. The average molecular weight is 232 g/mol. The van der Waals surface area contributed by atoms with Gasteiger partial charge in [-0.1, -0.05) is 0 Å². The number of methoxy groups -OCH3 is 1. The second-order valence-corrected chi connectivity index (χ2v) is 2.91. The molecule has 2 N–H and O–H groups in total. The minimum absolute atomic E-state index is 0.104. The Bertz CT molecular complexity index is 281. The highest BCUT2D eigenvalue weighted by atomic mass is 79.9. The third kappa shape index (κ3) is 1.97.